The van der Waals surface area contributed by atoms with Crippen LogP contribution in [0.25, 0.3) is 16.9 Å². The zero-order valence-corrected chi connectivity index (χ0v) is 19.6. The van der Waals surface area contributed by atoms with E-state index in [1.807, 2.05) is 36.4 Å². The number of hydrogen-bond donors (Lipinski definition) is 1. The molecule has 1 N–H and O–H groups in total. The predicted octanol–water partition coefficient (Wildman–Crippen LogP) is 6.35. The van der Waals surface area contributed by atoms with E-state index in [9.17, 15) is 4.79 Å². The Hall–Kier alpha value is -3.79. The number of hydrogen-bond acceptors (Lipinski definition) is 2. The van der Waals surface area contributed by atoms with Gasteiger partial charge >= 0.3 is 0 Å². The van der Waals surface area contributed by atoms with Gasteiger partial charge in [0.15, 0.2) is 0 Å². The summed E-state index contributed by atoms with van der Waals surface area (Å²) in [6, 6.07) is 28.7. The number of aryl methyl sites for hydroxylation is 1. The molecule has 34 heavy (non-hydrogen) atoms. The lowest BCUT2D eigenvalue weighted by atomic mass is 10.1. The summed E-state index contributed by atoms with van der Waals surface area (Å²) in [6.45, 7) is 0.480. The fourth-order valence-corrected chi connectivity index (χ4v) is 4.78. The molecule has 1 aliphatic carbocycles. The van der Waals surface area contributed by atoms with Crippen molar-refractivity contribution < 1.29 is 9.53 Å². The summed E-state index contributed by atoms with van der Waals surface area (Å²) >= 11 is 0. The van der Waals surface area contributed by atoms with E-state index >= 15 is 0 Å². The van der Waals surface area contributed by atoms with E-state index in [0.29, 0.717) is 12.1 Å². The molecule has 0 fully saturated rings. The van der Waals surface area contributed by atoms with Crippen LogP contribution in [0.3, 0.4) is 0 Å². The lowest BCUT2D eigenvalue weighted by Crippen LogP contribution is -2.22. The molecule has 0 bridgehead atoms. The van der Waals surface area contributed by atoms with Gasteiger partial charge in [0, 0.05) is 23.5 Å². The lowest BCUT2D eigenvalue weighted by Gasteiger charge is -2.15. The van der Waals surface area contributed by atoms with Crippen molar-refractivity contribution in [3.8, 4) is 22.7 Å². The molecular formula is C30H30N2O2. The first kappa shape index (κ1) is 22.0. The number of aromatic nitrogens is 1. The second-order valence-corrected chi connectivity index (χ2v) is 8.84. The third-order valence-corrected chi connectivity index (χ3v) is 6.62. The van der Waals surface area contributed by atoms with E-state index in [1.165, 1.54) is 41.8 Å². The van der Waals surface area contributed by atoms with E-state index in [-0.39, 0.29) is 5.91 Å². The van der Waals surface area contributed by atoms with Gasteiger partial charge in [0.25, 0.3) is 5.91 Å². The molecule has 4 aromatic rings. The van der Waals surface area contributed by atoms with Crippen LogP contribution in [-0.2, 0) is 19.4 Å². The van der Waals surface area contributed by atoms with Crippen molar-refractivity contribution in [1.82, 2.24) is 9.88 Å². The van der Waals surface area contributed by atoms with Gasteiger partial charge in [-0.25, -0.2) is 0 Å². The number of nitrogens with zero attached hydrogens (tertiary/aromatic N) is 1. The number of benzene rings is 3. The molecular weight excluding hydrogens is 420 g/mol. The second-order valence-electron chi connectivity index (χ2n) is 8.84. The van der Waals surface area contributed by atoms with E-state index in [0.717, 1.165) is 29.8 Å². The molecule has 172 valence electrons. The van der Waals surface area contributed by atoms with Crippen molar-refractivity contribution in [1.29, 1.82) is 0 Å². The number of ether oxygens (including phenoxy) is 1. The lowest BCUT2D eigenvalue weighted by molar-refractivity contribution is 0.0951. The van der Waals surface area contributed by atoms with E-state index in [2.05, 4.69) is 58.4 Å². The summed E-state index contributed by atoms with van der Waals surface area (Å²) in [7, 11) is 1.65. The topological polar surface area (TPSA) is 43.3 Å². The normalized spacial score (nSPS) is 13.1. The van der Waals surface area contributed by atoms with Crippen molar-refractivity contribution in [2.75, 3.05) is 7.11 Å². The summed E-state index contributed by atoms with van der Waals surface area (Å²) in [5.41, 5.74) is 8.12. The second kappa shape index (κ2) is 10.0. The maximum absolute atomic E-state index is 12.8. The molecule has 1 amide bonds. The molecule has 0 unspecified atom stereocenters. The van der Waals surface area contributed by atoms with Crippen molar-refractivity contribution in [2.45, 2.75) is 38.6 Å². The van der Waals surface area contributed by atoms with Gasteiger partial charge in [-0.05, 0) is 84.8 Å². The number of nitrogens with one attached hydrogen (secondary N) is 1. The highest BCUT2D eigenvalue weighted by atomic mass is 16.5. The molecule has 4 heteroatoms. The van der Waals surface area contributed by atoms with Crippen molar-refractivity contribution in [2.24, 2.45) is 0 Å². The summed E-state index contributed by atoms with van der Waals surface area (Å²) in [6.07, 6.45) is 5.97. The Labute approximate surface area is 201 Å². The van der Waals surface area contributed by atoms with Gasteiger partial charge in [0.05, 0.1) is 12.8 Å². The monoisotopic (exact) mass is 450 g/mol. The predicted molar refractivity (Wildman–Crippen MR) is 137 cm³/mol. The fraction of sp³-hybridized carbons (Fsp3) is 0.233. The van der Waals surface area contributed by atoms with Gasteiger partial charge in [-0.3, -0.25) is 4.79 Å². The molecule has 0 atom stereocenters. The van der Waals surface area contributed by atoms with Crippen LogP contribution in [0.4, 0.5) is 0 Å². The van der Waals surface area contributed by atoms with Crippen LogP contribution < -0.4 is 10.1 Å². The summed E-state index contributed by atoms with van der Waals surface area (Å²) in [4.78, 5) is 12.8. The number of methoxy groups -OCH3 is 1. The number of carbonyl (C=O) groups excluding carboxylic acids is 1. The van der Waals surface area contributed by atoms with E-state index in [1.54, 1.807) is 7.11 Å². The Balaban J connectivity index is 1.39. The minimum Gasteiger partial charge on any atom is -0.497 e. The Morgan fingerprint density at radius 2 is 1.62 bits per heavy atom. The third-order valence-electron chi connectivity index (χ3n) is 6.62. The molecule has 4 nitrogen and oxygen atoms in total. The minimum absolute atomic E-state index is 0.0722. The first-order chi connectivity index (χ1) is 16.7. The van der Waals surface area contributed by atoms with Gasteiger partial charge < -0.3 is 14.6 Å². The Bertz CT molecular complexity index is 1260. The van der Waals surface area contributed by atoms with Gasteiger partial charge in [0.2, 0.25) is 0 Å². The van der Waals surface area contributed by atoms with Gasteiger partial charge in [-0.1, -0.05) is 48.9 Å². The highest BCUT2D eigenvalue weighted by Gasteiger charge is 2.19. The number of amides is 1. The first-order valence-corrected chi connectivity index (χ1v) is 12.0. The quantitative estimate of drug-likeness (QED) is 0.348. The van der Waals surface area contributed by atoms with Crippen molar-refractivity contribution in [3.63, 3.8) is 0 Å². The molecule has 1 aromatic heterocycles. The maximum Gasteiger partial charge on any atom is 0.251 e. The molecule has 0 radical (unpaired) electrons. The molecule has 1 heterocycles. The van der Waals surface area contributed by atoms with Crippen LogP contribution >= 0.6 is 0 Å². The average molecular weight is 451 g/mol. The van der Waals surface area contributed by atoms with Crippen LogP contribution in [-0.4, -0.2) is 17.6 Å². The minimum atomic E-state index is -0.0722. The highest BCUT2D eigenvalue weighted by molar-refractivity contribution is 5.94. The maximum atomic E-state index is 12.8. The zero-order chi connectivity index (χ0) is 23.3. The standard InChI is InChI=1S/C30H30N2O2/c1-34-27-18-12-22(13-19-27)21-31-30(33)24-14-16-26(17-15-24)32-28-11-7-3-6-10-25(28)20-29(32)23-8-4-2-5-9-23/h2,4-5,8-9,12-20H,3,6-7,10-11,21H2,1H3,(H,31,33). The van der Waals surface area contributed by atoms with Crippen LogP contribution in [0, 0.1) is 0 Å². The van der Waals surface area contributed by atoms with E-state index in [4.69, 9.17) is 4.74 Å². The zero-order valence-electron chi connectivity index (χ0n) is 19.6. The molecule has 3 aromatic carbocycles. The van der Waals surface area contributed by atoms with E-state index < -0.39 is 0 Å². The summed E-state index contributed by atoms with van der Waals surface area (Å²) in [5, 5.41) is 3.02. The third kappa shape index (κ3) is 4.62. The number of rotatable bonds is 6. The first-order valence-electron chi connectivity index (χ1n) is 12.0. The van der Waals surface area contributed by atoms with Crippen LogP contribution in [0.5, 0.6) is 5.75 Å². The molecule has 0 saturated carbocycles. The Kier molecular flexibility index (Phi) is 6.48. The average Bonchev–Trinajstić information content (AvgIpc) is 3.10. The largest absolute Gasteiger partial charge is 0.497 e. The van der Waals surface area contributed by atoms with Crippen molar-refractivity contribution >= 4 is 5.91 Å². The van der Waals surface area contributed by atoms with Crippen LogP contribution in [0.15, 0.2) is 84.9 Å². The molecule has 0 saturated heterocycles. The molecule has 0 spiro atoms. The summed E-state index contributed by atoms with van der Waals surface area (Å²) < 4.78 is 7.59. The number of fused-ring (bicyclic) bond motifs is 1. The fourth-order valence-electron chi connectivity index (χ4n) is 4.78. The molecule has 1 aliphatic rings. The number of carbonyl (C=O) groups is 1. The summed E-state index contributed by atoms with van der Waals surface area (Å²) in [5.74, 6) is 0.737. The van der Waals surface area contributed by atoms with Gasteiger partial charge in [-0.15, -0.1) is 0 Å². The molecule has 0 aliphatic heterocycles. The van der Waals surface area contributed by atoms with Gasteiger partial charge in [0.1, 0.15) is 5.75 Å². The van der Waals surface area contributed by atoms with Crippen LogP contribution in [0.1, 0.15) is 46.4 Å². The van der Waals surface area contributed by atoms with Crippen LogP contribution in [0.2, 0.25) is 0 Å². The van der Waals surface area contributed by atoms with Gasteiger partial charge in [-0.2, -0.15) is 0 Å². The smallest absolute Gasteiger partial charge is 0.251 e. The SMILES string of the molecule is COc1ccc(CNC(=O)c2ccc(-n3c(-c4ccccc4)cc4c3CCCCC4)cc2)cc1. The Morgan fingerprint density at radius 3 is 2.35 bits per heavy atom. The Morgan fingerprint density at radius 1 is 0.882 bits per heavy atom. The highest BCUT2D eigenvalue weighted by Crippen LogP contribution is 2.33. The van der Waals surface area contributed by atoms with Crippen molar-refractivity contribution in [3.05, 3.63) is 107 Å². The molecule has 5 rings (SSSR count).